The summed E-state index contributed by atoms with van der Waals surface area (Å²) < 4.78 is 5.25. The minimum absolute atomic E-state index is 0.641. The molecule has 0 saturated carbocycles. The number of hydrogen-bond donors (Lipinski definition) is 1. The number of methoxy groups -OCH3 is 1. The van der Waals surface area contributed by atoms with E-state index < -0.39 is 0 Å². The highest BCUT2D eigenvalue weighted by Crippen LogP contribution is 2.14. The number of benzene rings is 1. The predicted molar refractivity (Wildman–Crippen MR) is 85.9 cm³/mol. The Balaban J connectivity index is 2.67. The van der Waals surface area contributed by atoms with E-state index in [1.54, 1.807) is 7.11 Å². The van der Waals surface area contributed by atoms with Crippen LogP contribution in [0, 0.1) is 0 Å². The van der Waals surface area contributed by atoms with Crippen molar-refractivity contribution < 1.29 is 4.74 Å². The van der Waals surface area contributed by atoms with E-state index in [9.17, 15) is 0 Å². The molecule has 0 radical (unpaired) electrons. The average molecular weight is 278 g/mol. The molecular weight excluding hydrogens is 248 g/mol. The molecular formula is C17H30N2O. The van der Waals surface area contributed by atoms with Crippen molar-refractivity contribution in [2.75, 3.05) is 27.3 Å². The normalized spacial score (nSPS) is 11.5. The van der Waals surface area contributed by atoms with Crippen molar-refractivity contribution in [2.24, 2.45) is 0 Å². The van der Waals surface area contributed by atoms with Crippen LogP contribution >= 0.6 is 0 Å². The molecule has 3 heteroatoms. The van der Waals surface area contributed by atoms with Gasteiger partial charge >= 0.3 is 0 Å². The van der Waals surface area contributed by atoms with E-state index in [0.29, 0.717) is 6.04 Å². The summed E-state index contributed by atoms with van der Waals surface area (Å²) >= 11 is 0. The van der Waals surface area contributed by atoms with Crippen LogP contribution in [-0.2, 0) is 17.8 Å². The summed E-state index contributed by atoms with van der Waals surface area (Å²) in [4.78, 5) is 2.54. The fourth-order valence-corrected chi connectivity index (χ4v) is 2.61. The van der Waals surface area contributed by atoms with Gasteiger partial charge in [-0.15, -0.1) is 0 Å². The van der Waals surface area contributed by atoms with Gasteiger partial charge in [0.1, 0.15) is 0 Å². The summed E-state index contributed by atoms with van der Waals surface area (Å²) in [5, 5.41) is 3.18. The monoisotopic (exact) mass is 278 g/mol. The van der Waals surface area contributed by atoms with Crippen LogP contribution in [-0.4, -0.2) is 38.3 Å². The molecule has 114 valence electrons. The molecule has 0 amide bonds. The first-order valence-corrected chi connectivity index (χ1v) is 7.70. The third kappa shape index (κ3) is 5.61. The molecule has 3 nitrogen and oxygen atoms in total. The lowest BCUT2D eigenvalue weighted by atomic mass is 10.1. The number of nitrogens with one attached hydrogen (secondary N) is 1. The number of rotatable bonds is 10. The molecule has 1 aromatic carbocycles. The summed E-state index contributed by atoms with van der Waals surface area (Å²) in [7, 11) is 3.76. The highest BCUT2D eigenvalue weighted by atomic mass is 16.5. The van der Waals surface area contributed by atoms with Crippen molar-refractivity contribution in [1.29, 1.82) is 0 Å². The van der Waals surface area contributed by atoms with Crippen molar-refractivity contribution in [1.82, 2.24) is 10.2 Å². The molecule has 0 saturated heterocycles. The first-order valence-electron chi connectivity index (χ1n) is 7.70. The van der Waals surface area contributed by atoms with Crippen molar-refractivity contribution in [3.05, 3.63) is 35.4 Å². The molecule has 0 aliphatic heterocycles. The summed E-state index contributed by atoms with van der Waals surface area (Å²) in [5.74, 6) is 0. The Bertz CT molecular complexity index is 347. The molecule has 1 N–H and O–H groups in total. The molecule has 1 aromatic rings. The van der Waals surface area contributed by atoms with Crippen LogP contribution < -0.4 is 5.32 Å². The van der Waals surface area contributed by atoms with Gasteiger partial charge in [0.15, 0.2) is 0 Å². The largest absolute Gasteiger partial charge is 0.383 e. The molecule has 0 bridgehead atoms. The van der Waals surface area contributed by atoms with E-state index in [-0.39, 0.29) is 0 Å². The lowest BCUT2D eigenvalue weighted by molar-refractivity contribution is 0.110. The van der Waals surface area contributed by atoms with Gasteiger partial charge in [-0.1, -0.05) is 38.1 Å². The molecule has 0 unspecified atom stereocenters. The Morgan fingerprint density at radius 3 is 2.20 bits per heavy atom. The van der Waals surface area contributed by atoms with Crippen LogP contribution in [0.2, 0.25) is 0 Å². The molecule has 0 fully saturated rings. The third-order valence-corrected chi connectivity index (χ3v) is 3.83. The second-order valence-electron chi connectivity index (χ2n) is 5.28. The maximum atomic E-state index is 5.25. The maximum Gasteiger partial charge on any atom is 0.0589 e. The van der Waals surface area contributed by atoms with E-state index >= 15 is 0 Å². The molecule has 0 aromatic heterocycles. The highest BCUT2D eigenvalue weighted by molar-refractivity contribution is 5.22. The standard InChI is InChI=1S/C17H30N2O/c1-5-17(6-2)19(11-12-20-4)14-16-9-7-15(8-10-16)13-18-3/h7-10,17-18H,5-6,11-14H2,1-4H3. The van der Waals surface area contributed by atoms with E-state index in [2.05, 4.69) is 48.3 Å². The van der Waals surface area contributed by atoms with Crippen molar-refractivity contribution in [2.45, 2.75) is 45.8 Å². The number of hydrogen-bond acceptors (Lipinski definition) is 3. The molecule has 0 atom stereocenters. The summed E-state index contributed by atoms with van der Waals surface area (Å²) in [5.41, 5.74) is 2.72. The van der Waals surface area contributed by atoms with Crippen molar-refractivity contribution >= 4 is 0 Å². The van der Waals surface area contributed by atoms with E-state index in [1.165, 1.54) is 24.0 Å². The van der Waals surface area contributed by atoms with Crippen LogP contribution in [0.25, 0.3) is 0 Å². The number of ether oxygens (including phenoxy) is 1. The number of nitrogens with zero attached hydrogens (tertiary/aromatic N) is 1. The van der Waals surface area contributed by atoms with Crippen LogP contribution in [0.5, 0.6) is 0 Å². The van der Waals surface area contributed by atoms with Gasteiger partial charge in [-0.25, -0.2) is 0 Å². The zero-order chi connectivity index (χ0) is 14.8. The fraction of sp³-hybridized carbons (Fsp3) is 0.647. The minimum atomic E-state index is 0.641. The Morgan fingerprint density at radius 1 is 1.10 bits per heavy atom. The predicted octanol–water partition coefficient (Wildman–Crippen LogP) is 3.04. The zero-order valence-electron chi connectivity index (χ0n) is 13.5. The quantitative estimate of drug-likeness (QED) is 0.712. The average Bonchev–Trinajstić information content (AvgIpc) is 2.48. The Kier molecular flexibility index (Phi) is 8.51. The Morgan fingerprint density at radius 2 is 1.70 bits per heavy atom. The van der Waals surface area contributed by atoms with E-state index in [0.717, 1.165) is 26.2 Å². The fourth-order valence-electron chi connectivity index (χ4n) is 2.61. The van der Waals surface area contributed by atoms with Gasteiger partial charge in [0.2, 0.25) is 0 Å². The maximum absolute atomic E-state index is 5.25. The van der Waals surface area contributed by atoms with E-state index in [1.807, 2.05) is 7.05 Å². The lowest BCUT2D eigenvalue weighted by Crippen LogP contribution is -2.36. The van der Waals surface area contributed by atoms with Crippen LogP contribution in [0.1, 0.15) is 37.8 Å². The third-order valence-electron chi connectivity index (χ3n) is 3.83. The van der Waals surface area contributed by atoms with Crippen molar-refractivity contribution in [3.63, 3.8) is 0 Å². The van der Waals surface area contributed by atoms with Crippen LogP contribution in [0.4, 0.5) is 0 Å². The van der Waals surface area contributed by atoms with Gasteiger partial charge in [0.05, 0.1) is 6.61 Å². The lowest BCUT2D eigenvalue weighted by Gasteiger charge is -2.30. The van der Waals surface area contributed by atoms with E-state index in [4.69, 9.17) is 4.74 Å². The van der Waals surface area contributed by atoms with Gasteiger partial charge in [-0.3, -0.25) is 4.90 Å². The molecule has 0 heterocycles. The second kappa shape index (κ2) is 9.92. The van der Waals surface area contributed by atoms with Gasteiger partial charge < -0.3 is 10.1 Å². The molecule has 0 aliphatic carbocycles. The van der Waals surface area contributed by atoms with Crippen molar-refractivity contribution in [3.8, 4) is 0 Å². The van der Waals surface area contributed by atoms with Gasteiger partial charge in [-0.2, -0.15) is 0 Å². The highest BCUT2D eigenvalue weighted by Gasteiger charge is 2.15. The first-order chi connectivity index (χ1) is 9.74. The molecule has 20 heavy (non-hydrogen) atoms. The topological polar surface area (TPSA) is 24.5 Å². The van der Waals surface area contributed by atoms with Gasteiger partial charge in [0.25, 0.3) is 0 Å². The summed E-state index contributed by atoms with van der Waals surface area (Å²) in [6, 6.07) is 9.56. The molecule has 0 spiro atoms. The molecule has 1 rings (SSSR count). The van der Waals surface area contributed by atoms with Gasteiger partial charge in [-0.05, 0) is 31.0 Å². The first kappa shape index (κ1) is 17.2. The van der Waals surface area contributed by atoms with Gasteiger partial charge in [0, 0.05) is 32.8 Å². The summed E-state index contributed by atoms with van der Waals surface area (Å²) in [6.07, 6.45) is 2.39. The Hall–Kier alpha value is -0.900. The SMILES string of the molecule is CCC(CC)N(CCOC)Cc1ccc(CNC)cc1. The van der Waals surface area contributed by atoms with Crippen LogP contribution in [0.3, 0.4) is 0 Å². The summed E-state index contributed by atoms with van der Waals surface area (Å²) in [6.45, 7) is 8.28. The minimum Gasteiger partial charge on any atom is -0.383 e. The smallest absolute Gasteiger partial charge is 0.0589 e. The molecule has 0 aliphatic rings. The second-order valence-corrected chi connectivity index (χ2v) is 5.28. The Labute approximate surface area is 124 Å². The van der Waals surface area contributed by atoms with Crippen LogP contribution in [0.15, 0.2) is 24.3 Å². The zero-order valence-corrected chi connectivity index (χ0v) is 13.5.